The zero-order valence-electron chi connectivity index (χ0n) is 11.4. The summed E-state index contributed by atoms with van der Waals surface area (Å²) in [7, 11) is 0. The van der Waals surface area contributed by atoms with Crippen molar-refractivity contribution in [3.8, 4) is 0 Å². The first kappa shape index (κ1) is 12.9. The van der Waals surface area contributed by atoms with Gasteiger partial charge in [-0.1, -0.05) is 24.3 Å². The molecule has 2 heteroatoms. The third-order valence-corrected chi connectivity index (χ3v) is 4.48. The SMILES string of the molecule is O=C(CCCC1CCCO1)C1Cc2ccccc2C1. The van der Waals surface area contributed by atoms with E-state index in [1.54, 1.807) is 0 Å². The number of fused-ring (bicyclic) bond motifs is 1. The molecule has 2 nitrogen and oxygen atoms in total. The summed E-state index contributed by atoms with van der Waals surface area (Å²) >= 11 is 0. The first-order valence-electron chi connectivity index (χ1n) is 7.54. The average molecular weight is 258 g/mol. The number of rotatable bonds is 5. The third kappa shape index (κ3) is 3.06. The van der Waals surface area contributed by atoms with Gasteiger partial charge in [-0.05, 0) is 49.7 Å². The lowest BCUT2D eigenvalue weighted by molar-refractivity contribution is -0.122. The van der Waals surface area contributed by atoms with E-state index in [0.717, 1.165) is 38.7 Å². The van der Waals surface area contributed by atoms with Crippen molar-refractivity contribution in [2.24, 2.45) is 5.92 Å². The molecule has 1 saturated heterocycles. The number of Topliss-reactive ketones (excluding diaryl/α,β-unsaturated/α-hetero) is 1. The Morgan fingerprint density at radius 3 is 2.58 bits per heavy atom. The molecule has 2 aliphatic rings. The first-order chi connectivity index (χ1) is 9.33. The normalized spacial score (nSPS) is 22.6. The molecule has 19 heavy (non-hydrogen) atoms. The predicted octanol–water partition coefficient (Wildman–Crippen LogP) is 3.32. The smallest absolute Gasteiger partial charge is 0.136 e. The van der Waals surface area contributed by atoms with Crippen LogP contribution in [0, 0.1) is 5.92 Å². The van der Waals surface area contributed by atoms with Crippen LogP contribution < -0.4 is 0 Å². The second-order valence-corrected chi connectivity index (χ2v) is 5.87. The number of benzene rings is 1. The van der Waals surface area contributed by atoms with E-state index in [1.165, 1.54) is 24.0 Å². The molecule has 0 saturated carbocycles. The molecule has 1 aliphatic heterocycles. The third-order valence-electron chi connectivity index (χ3n) is 4.48. The summed E-state index contributed by atoms with van der Waals surface area (Å²) in [6.07, 6.45) is 7.50. The molecular weight excluding hydrogens is 236 g/mol. The maximum absolute atomic E-state index is 12.2. The molecule has 0 spiro atoms. The summed E-state index contributed by atoms with van der Waals surface area (Å²) in [6.45, 7) is 0.913. The molecule has 0 amide bonds. The summed E-state index contributed by atoms with van der Waals surface area (Å²) in [5.41, 5.74) is 2.75. The van der Waals surface area contributed by atoms with Gasteiger partial charge in [0.05, 0.1) is 6.10 Å². The van der Waals surface area contributed by atoms with Gasteiger partial charge in [0.1, 0.15) is 5.78 Å². The number of ketones is 1. The van der Waals surface area contributed by atoms with E-state index in [9.17, 15) is 4.79 Å². The van der Waals surface area contributed by atoms with Crippen molar-refractivity contribution >= 4 is 5.78 Å². The number of ether oxygens (including phenoxy) is 1. The molecule has 1 fully saturated rings. The first-order valence-corrected chi connectivity index (χ1v) is 7.54. The van der Waals surface area contributed by atoms with Crippen molar-refractivity contribution < 1.29 is 9.53 Å². The van der Waals surface area contributed by atoms with Crippen LogP contribution in [0.1, 0.15) is 43.2 Å². The van der Waals surface area contributed by atoms with Crippen LogP contribution in [0.4, 0.5) is 0 Å². The fourth-order valence-corrected chi connectivity index (χ4v) is 3.37. The van der Waals surface area contributed by atoms with Crippen molar-refractivity contribution in [1.82, 2.24) is 0 Å². The lowest BCUT2D eigenvalue weighted by Gasteiger charge is -2.10. The Bertz CT molecular complexity index is 421. The predicted molar refractivity (Wildman–Crippen MR) is 75.2 cm³/mol. The van der Waals surface area contributed by atoms with Crippen molar-refractivity contribution in [3.05, 3.63) is 35.4 Å². The molecule has 3 rings (SSSR count). The number of hydrogen-bond donors (Lipinski definition) is 0. The fourth-order valence-electron chi connectivity index (χ4n) is 3.37. The van der Waals surface area contributed by atoms with Crippen LogP contribution in [0.25, 0.3) is 0 Å². The molecule has 0 bridgehead atoms. The number of hydrogen-bond acceptors (Lipinski definition) is 2. The number of carbonyl (C=O) groups is 1. The highest BCUT2D eigenvalue weighted by Gasteiger charge is 2.26. The van der Waals surface area contributed by atoms with Gasteiger partial charge in [-0.15, -0.1) is 0 Å². The summed E-state index contributed by atoms with van der Waals surface area (Å²) in [4.78, 5) is 12.2. The van der Waals surface area contributed by atoms with Gasteiger partial charge in [0, 0.05) is 18.9 Å². The van der Waals surface area contributed by atoms with Gasteiger partial charge < -0.3 is 4.74 Å². The topological polar surface area (TPSA) is 26.3 Å². The van der Waals surface area contributed by atoms with Crippen LogP contribution in [0.5, 0.6) is 0 Å². The lowest BCUT2D eigenvalue weighted by Crippen LogP contribution is -2.15. The van der Waals surface area contributed by atoms with E-state index >= 15 is 0 Å². The summed E-state index contributed by atoms with van der Waals surface area (Å²) in [5.74, 6) is 0.691. The zero-order chi connectivity index (χ0) is 13.1. The molecule has 1 aromatic rings. The Morgan fingerprint density at radius 1 is 1.21 bits per heavy atom. The van der Waals surface area contributed by atoms with Crippen LogP contribution in [-0.2, 0) is 22.4 Å². The minimum Gasteiger partial charge on any atom is -0.378 e. The van der Waals surface area contributed by atoms with Crippen molar-refractivity contribution in [2.45, 2.75) is 51.0 Å². The zero-order valence-corrected chi connectivity index (χ0v) is 11.4. The van der Waals surface area contributed by atoms with Crippen molar-refractivity contribution in [2.75, 3.05) is 6.61 Å². The molecule has 1 aromatic carbocycles. The van der Waals surface area contributed by atoms with Crippen molar-refractivity contribution in [3.63, 3.8) is 0 Å². The van der Waals surface area contributed by atoms with Crippen LogP contribution in [0.2, 0.25) is 0 Å². The van der Waals surface area contributed by atoms with E-state index in [2.05, 4.69) is 24.3 Å². The maximum Gasteiger partial charge on any atom is 0.136 e. The van der Waals surface area contributed by atoms with E-state index in [4.69, 9.17) is 4.74 Å². The van der Waals surface area contributed by atoms with Gasteiger partial charge in [-0.2, -0.15) is 0 Å². The number of carbonyl (C=O) groups excluding carboxylic acids is 1. The highest BCUT2D eigenvalue weighted by Crippen LogP contribution is 2.28. The minimum atomic E-state index is 0.238. The van der Waals surface area contributed by atoms with E-state index < -0.39 is 0 Å². The van der Waals surface area contributed by atoms with Gasteiger partial charge in [0.15, 0.2) is 0 Å². The van der Waals surface area contributed by atoms with Crippen LogP contribution >= 0.6 is 0 Å². The minimum absolute atomic E-state index is 0.238. The Labute approximate surface area is 115 Å². The summed E-state index contributed by atoms with van der Waals surface area (Å²) < 4.78 is 5.60. The van der Waals surface area contributed by atoms with E-state index in [1.807, 2.05) is 0 Å². The molecule has 0 aromatic heterocycles. The summed E-state index contributed by atoms with van der Waals surface area (Å²) in [5, 5.41) is 0. The lowest BCUT2D eigenvalue weighted by atomic mass is 9.96. The largest absolute Gasteiger partial charge is 0.378 e. The van der Waals surface area contributed by atoms with Gasteiger partial charge in [-0.3, -0.25) is 4.79 Å². The van der Waals surface area contributed by atoms with Crippen LogP contribution in [0.3, 0.4) is 0 Å². The Hall–Kier alpha value is -1.15. The van der Waals surface area contributed by atoms with Gasteiger partial charge in [0.25, 0.3) is 0 Å². The molecule has 0 radical (unpaired) electrons. The molecule has 1 heterocycles. The monoisotopic (exact) mass is 258 g/mol. The molecular formula is C17H22O2. The second-order valence-electron chi connectivity index (χ2n) is 5.87. The Kier molecular flexibility index (Phi) is 3.97. The highest BCUT2D eigenvalue weighted by molar-refractivity contribution is 5.82. The van der Waals surface area contributed by atoms with E-state index in [0.29, 0.717) is 11.9 Å². The average Bonchev–Trinajstić information content (AvgIpc) is 3.07. The molecule has 1 aliphatic carbocycles. The van der Waals surface area contributed by atoms with Gasteiger partial charge in [0.2, 0.25) is 0 Å². The highest BCUT2D eigenvalue weighted by atomic mass is 16.5. The quantitative estimate of drug-likeness (QED) is 0.810. The molecule has 0 N–H and O–H groups in total. The maximum atomic E-state index is 12.2. The summed E-state index contributed by atoms with van der Waals surface area (Å²) in [6, 6.07) is 8.47. The standard InChI is InChI=1S/C17H22O2/c18-17(9-3-7-16-8-4-10-19-16)15-11-13-5-1-2-6-14(13)12-15/h1-2,5-6,15-16H,3-4,7-12H2. The van der Waals surface area contributed by atoms with Gasteiger partial charge in [-0.25, -0.2) is 0 Å². The molecule has 1 unspecified atom stereocenters. The Morgan fingerprint density at radius 2 is 1.95 bits per heavy atom. The van der Waals surface area contributed by atoms with Crippen LogP contribution in [0.15, 0.2) is 24.3 Å². The van der Waals surface area contributed by atoms with Crippen molar-refractivity contribution in [1.29, 1.82) is 0 Å². The Balaban J connectivity index is 1.44. The van der Waals surface area contributed by atoms with E-state index in [-0.39, 0.29) is 5.92 Å². The van der Waals surface area contributed by atoms with Crippen LogP contribution in [-0.4, -0.2) is 18.5 Å². The fraction of sp³-hybridized carbons (Fsp3) is 0.588. The molecule has 102 valence electrons. The second kappa shape index (κ2) is 5.87. The van der Waals surface area contributed by atoms with Gasteiger partial charge >= 0.3 is 0 Å². The molecule has 1 atom stereocenters.